The van der Waals surface area contributed by atoms with Crippen LogP contribution >= 0.6 is 23.8 Å². The van der Waals surface area contributed by atoms with Crippen LogP contribution in [0.4, 0.5) is 11.4 Å². The van der Waals surface area contributed by atoms with Gasteiger partial charge in [0.2, 0.25) is 0 Å². The number of carbonyl (C=O) groups excluding carboxylic acids is 1. The second kappa shape index (κ2) is 10.8. The Kier molecular flexibility index (Phi) is 7.60. The number of thiocarbonyl (C=S) groups is 1. The van der Waals surface area contributed by atoms with Gasteiger partial charge < -0.3 is 10.2 Å². The number of anilines is 2. The van der Waals surface area contributed by atoms with Crippen molar-refractivity contribution in [3.63, 3.8) is 0 Å². The van der Waals surface area contributed by atoms with Crippen molar-refractivity contribution in [2.24, 2.45) is 0 Å². The van der Waals surface area contributed by atoms with Crippen molar-refractivity contribution >= 4 is 46.2 Å². The van der Waals surface area contributed by atoms with E-state index in [9.17, 15) is 4.79 Å². The highest BCUT2D eigenvalue weighted by molar-refractivity contribution is 7.80. The van der Waals surface area contributed by atoms with Gasteiger partial charge in [-0.15, -0.1) is 0 Å². The van der Waals surface area contributed by atoms with Crippen molar-refractivity contribution < 1.29 is 4.79 Å². The molecule has 4 rings (SSSR count). The molecule has 5 nitrogen and oxygen atoms in total. The van der Waals surface area contributed by atoms with Crippen LogP contribution in [0, 0.1) is 6.92 Å². The molecule has 0 aliphatic carbocycles. The van der Waals surface area contributed by atoms with Crippen LogP contribution in [-0.4, -0.2) is 42.1 Å². The van der Waals surface area contributed by atoms with Crippen molar-refractivity contribution in [3.8, 4) is 0 Å². The van der Waals surface area contributed by atoms with Gasteiger partial charge in [0.25, 0.3) is 5.91 Å². The highest BCUT2D eigenvalue weighted by Gasteiger charge is 2.18. The van der Waals surface area contributed by atoms with Crippen LogP contribution in [0.25, 0.3) is 0 Å². The number of nitrogens with zero attached hydrogens (tertiary/aromatic N) is 2. The number of carbonyl (C=O) groups is 1. The zero-order valence-electron chi connectivity index (χ0n) is 18.6. The summed E-state index contributed by atoms with van der Waals surface area (Å²) in [7, 11) is 0. The molecule has 1 aliphatic heterocycles. The van der Waals surface area contributed by atoms with E-state index in [0.717, 1.165) is 49.0 Å². The van der Waals surface area contributed by atoms with Crippen molar-refractivity contribution in [1.29, 1.82) is 0 Å². The summed E-state index contributed by atoms with van der Waals surface area (Å²) in [5.41, 5.74) is 4.72. The summed E-state index contributed by atoms with van der Waals surface area (Å²) in [4.78, 5) is 17.2. The molecule has 7 heteroatoms. The minimum Gasteiger partial charge on any atom is -0.369 e. The number of nitrogens with one attached hydrogen (secondary N) is 2. The van der Waals surface area contributed by atoms with E-state index in [1.807, 2.05) is 55.5 Å². The fourth-order valence-corrected chi connectivity index (χ4v) is 4.35. The lowest BCUT2D eigenvalue weighted by atomic mass is 10.1. The zero-order valence-corrected chi connectivity index (χ0v) is 20.1. The molecule has 0 saturated carbocycles. The van der Waals surface area contributed by atoms with E-state index in [1.54, 1.807) is 6.07 Å². The van der Waals surface area contributed by atoms with Crippen LogP contribution in [0.3, 0.4) is 0 Å². The van der Waals surface area contributed by atoms with Gasteiger partial charge in [-0.05, 0) is 66.7 Å². The minimum atomic E-state index is -0.211. The van der Waals surface area contributed by atoms with Gasteiger partial charge in [0.05, 0.1) is 0 Å². The molecule has 33 heavy (non-hydrogen) atoms. The first kappa shape index (κ1) is 23.2. The molecule has 0 bridgehead atoms. The molecule has 3 aromatic carbocycles. The monoisotopic (exact) mass is 478 g/mol. The predicted molar refractivity (Wildman–Crippen MR) is 140 cm³/mol. The van der Waals surface area contributed by atoms with E-state index >= 15 is 0 Å². The Morgan fingerprint density at radius 3 is 2.30 bits per heavy atom. The lowest BCUT2D eigenvalue weighted by molar-refractivity contribution is 0.0977. The summed E-state index contributed by atoms with van der Waals surface area (Å²) >= 11 is 11.6. The molecular formula is C26H27ClN4OS. The number of aryl methyl sites for hydroxylation is 1. The molecule has 1 heterocycles. The molecule has 0 radical (unpaired) electrons. The van der Waals surface area contributed by atoms with Crippen molar-refractivity contribution in [2.45, 2.75) is 13.5 Å². The van der Waals surface area contributed by atoms with Crippen LogP contribution in [0.2, 0.25) is 5.02 Å². The number of benzene rings is 3. The Morgan fingerprint density at radius 2 is 1.61 bits per heavy atom. The molecule has 0 aromatic heterocycles. The molecule has 1 fully saturated rings. The topological polar surface area (TPSA) is 47.6 Å². The third-order valence-corrected chi connectivity index (χ3v) is 6.40. The van der Waals surface area contributed by atoms with Crippen LogP contribution < -0.4 is 15.5 Å². The summed E-state index contributed by atoms with van der Waals surface area (Å²) in [5, 5.41) is 6.95. The zero-order chi connectivity index (χ0) is 23.2. The van der Waals surface area contributed by atoms with E-state index in [-0.39, 0.29) is 11.0 Å². The largest absolute Gasteiger partial charge is 0.369 e. The fraction of sp³-hybridized carbons (Fsp3) is 0.231. The molecule has 1 amide bonds. The second-order valence-corrected chi connectivity index (χ2v) is 8.94. The molecule has 1 saturated heterocycles. The maximum atomic E-state index is 12.4. The van der Waals surface area contributed by atoms with Gasteiger partial charge in [-0.25, -0.2) is 0 Å². The van der Waals surface area contributed by atoms with Crippen LogP contribution in [0.5, 0.6) is 0 Å². The second-order valence-electron chi connectivity index (χ2n) is 8.12. The first-order chi connectivity index (χ1) is 16.0. The fourth-order valence-electron chi connectivity index (χ4n) is 3.95. The average molecular weight is 479 g/mol. The smallest absolute Gasteiger partial charge is 0.257 e. The number of halogens is 1. The van der Waals surface area contributed by atoms with Crippen molar-refractivity contribution in [3.05, 3.63) is 94.5 Å². The lowest BCUT2D eigenvalue weighted by Crippen LogP contribution is -2.46. The Hall–Kier alpha value is -2.93. The standard InChI is InChI=1S/C26H27ClN4OS/c1-19-6-2-4-8-23(19)25(32)29-26(33)28-21-10-12-22(13-11-21)31-16-14-30(15-17-31)18-20-7-3-5-9-24(20)27/h2-13H,14-18H2,1H3,(H2,28,29,32,33). The van der Waals surface area contributed by atoms with Gasteiger partial charge in [0, 0.05) is 54.7 Å². The Balaban J connectivity index is 1.27. The minimum absolute atomic E-state index is 0.211. The van der Waals surface area contributed by atoms with E-state index in [0.29, 0.717) is 5.56 Å². The Bertz CT molecular complexity index is 1130. The molecule has 2 N–H and O–H groups in total. The van der Waals surface area contributed by atoms with Crippen LogP contribution in [-0.2, 0) is 6.54 Å². The molecule has 1 aliphatic rings. The molecule has 170 valence electrons. The number of amides is 1. The molecule has 3 aromatic rings. The van der Waals surface area contributed by atoms with Crippen LogP contribution in [0.15, 0.2) is 72.8 Å². The summed E-state index contributed by atoms with van der Waals surface area (Å²) < 4.78 is 0. The van der Waals surface area contributed by atoms with Gasteiger partial charge in [-0.3, -0.25) is 15.0 Å². The summed E-state index contributed by atoms with van der Waals surface area (Å²) in [6, 6.07) is 23.6. The number of hydrogen-bond acceptors (Lipinski definition) is 4. The van der Waals surface area contributed by atoms with Gasteiger partial charge in [0.1, 0.15) is 0 Å². The number of rotatable bonds is 5. The summed E-state index contributed by atoms with van der Waals surface area (Å²) in [6.07, 6.45) is 0. The van der Waals surface area contributed by atoms with Gasteiger partial charge in [-0.2, -0.15) is 0 Å². The first-order valence-corrected chi connectivity index (χ1v) is 11.8. The maximum Gasteiger partial charge on any atom is 0.257 e. The van der Waals surface area contributed by atoms with Crippen LogP contribution in [0.1, 0.15) is 21.5 Å². The number of hydrogen-bond donors (Lipinski definition) is 2. The van der Waals surface area contributed by atoms with E-state index in [1.165, 1.54) is 11.3 Å². The highest BCUT2D eigenvalue weighted by atomic mass is 35.5. The SMILES string of the molecule is Cc1ccccc1C(=O)NC(=S)Nc1ccc(N2CCN(Cc3ccccc3Cl)CC2)cc1. The average Bonchev–Trinajstić information content (AvgIpc) is 2.82. The van der Waals surface area contributed by atoms with E-state index in [2.05, 4.69) is 38.6 Å². The van der Waals surface area contributed by atoms with Crippen molar-refractivity contribution in [2.75, 3.05) is 36.4 Å². The maximum absolute atomic E-state index is 12.4. The first-order valence-electron chi connectivity index (χ1n) is 11.0. The molecular weight excluding hydrogens is 452 g/mol. The van der Waals surface area contributed by atoms with Gasteiger partial charge >= 0.3 is 0 Å². The Labute approximate surface area is 205 Å². The number of piperazine rings is 1. The molecule has 0 unspecified atom stereocenters. The highest BCUT2D eigenvalue weighted by Crippen LogP contribution is 2.22. The van der Waals surface area contributed by atoms with Crippen molar-refractivity contribution in [1.82, 2.24) is 10.2 Å². The lowest BCUT2D eigenvalue weighted by Gasteiger charge is -2.36. The third-order valence-electron chi connectivity index (χ3n) is 5.83. The summed E-state index contributed by atoms with van der Waals surface area (Å²) in [5.74, 6) is -0.211. The normalized spacial score (nSPS) is 14.1. The van der Waals surface area contributed by atoms with Gasteiger partial charge in [-0.1, -0.05) is 48.0 Å². The third kappa shape index (κ3) is 6.11. The molecule has 0 atom stereocenters. The summed E-state index contributed by atoms with van der Waals surface area (Å²) in [6.45, 7) is 6.67. The predicted octanol–water partition coefficient (Wildman–Crippen LogP) is 5.10. The Morgan fingerprint density at radius 1 is 0.939 bits per heavy atom. The van der Waals surface area contributed by atoms with E-state index < -0.39 is 0 Å². The van der Waals surface area contributed by atoms with E-state index in [4.69, 9.17) is 23.8 Å². The molecule has 0 spiro atoms. The van der Waals surface area contributed by atoms with Gasteiger partial charge in [0.15, 0.2) is 5.11 Å². The quantitative estimate of drug-likeness (QED) is 0.500.